The Morgan fingerprint density at radius 2 is 1.00 bits per heavy atom. The quantitative estimate of drug-likeness (QED) is 0.435. The van der Waals surface area contributed by atoms with Gasteiger partial charge in [0.1, 0.15) is 0 Å². The minimum atomic E-state index is 0. The van der Waals surface area contributed by atoms with E-state index < -0.39 is 0 Å². The Kier molecular flexibility index (Phi) is 5.22. The topological polar surface area (TPSA) is 51.6 Å². The normalized spacial score (nSPS) is 8.00. The van der Waals surface area contributed by atoms with Crippen molar-refractivity contribution in [3.63, 3.8) is 0 Å². The van der Waals surface area contributed by atoms with Gasteiger partial charge in [0.25, 0.3) is 0 Å². The second-order valence-corrected chi connectivity index (χ2v) is 1.70. The molecule has 0 aliphatic carbocycles. The van der Waals surface area contributed by atoms with E-state index in [-0.39, 0.29) is 59.2 Å². The van der Waals surface area contributed by atoms with Crippen LogP contribution in [0.15, 0.2) is 10.3 Å². The van der Waals surface area contributed by atoms with E-state index >= 15 is 0 Å². The Bertz CT molecular complexity index is 155. The van der Waals surface area contributed by atoms with Crippen LogP contribution >= 0.6 is 0 Å². The fourth-order valence-corrected chi connectivity index (χ4v) is 0.374. The van der Waals surface area contributed by atoms with Gasteiger partial charge in [0, 0.05) is 0 Å². The fraction of sp³-hybridized carbons (Fsp3) is 0. The average molecular weight is 282 g/mol. The van der Waals surface area contributed by atoms with Crippen LogP contribution in [-0.4, -0.2) is 69.3 Å². The van der Waals surface area contributed by atoms with Gasteiger partial charge < -0.3 is 25.3 Å². The number of rotatable bonds is 0. The van der Waals surface area contributed by atoms with Crippen LogP contribution in [0.2, 0.25) is 0 Å². The summed E-state index contributed by atoms with van der Waals surface area (Å²) in [6.07, 6.45) is 0. The summed E-state index contributed by atoms with van der Waals surface area (Å²) in [5.41, 5.74) is 0. The van der Waals surface area contributed by atoms with Gasteiger partial charge in [0.2, 0.25) is 0 Å². The van der Waals surface area contributed by atoms with Gasteiger partial charge >= 0.3 is 48.9 Å². The van der Waals surface area contributed by atoms with Crippen LogP contribution in [0.4, 0.5) is 0 Å². The van der Waals surface area contributed by atoms with E-state index in [1.807, 2.05) is 0 Å². The second-order valence-electron chi connectivity index (χ2n) is 0.965. The van der Waals surface area contributed by atoms with E-state index in [1.165, 1.54) is 0 Å². The number of hydrogen-bond acceptors (Lipinski definition) is 6. The number of hydrogen-bond donors (Lipinski definition) is 0. The summed E-state index contributed by atoms with van der Waals surface area (Å²) in [5.74, 6) is 0. The molecule has 0 fully saturated rings. The number of aromatic nitrogens is 4. The zero-order valence-corrected chi connectivity index (χ0v) is 10.4. The van der Waals surface area contributed by atoms with Crippen LogP contribution in [0.1, 0.15) is 0 Å². The zero-order chi connectivity index (χ0) is 5.98. The summed E-state index contributed by atoms with van der Waals surface area (Å²) in [6, 6.07) is 0. The van der Waals surface area contributed by atoms with Crippen LogP contribution in [0.25, 0.3) is 0 Å². The second kappa shape index (κ2) is 4.72. The van der Waals surface area contributed by atoms with E-state index in [0.29, 0.717) is 0 Å². The van der Waals surface area contributed by atoms with Gasteiger partial charge in [-0.05, 0) is 0 Å². The van der Waals surface area contributed by atoms with Crippen molar-refractivity contribution in [2.24, 2.45) is 0 Å². The monoisotopic (exact) mass is 282 g/mol. The van der Waals surface area contributed by atoms with Gasteiger partial charge in [-0.1, -0.05) is 0 Å². The van der Waals surface area contributed by atoms with E-state index in [1.54, 1.807) is 0 Å². The molecule has 0 unspecified atom stereocenters. The molecule has 0 bridgehead atoms. The first-order chi connectivity index (χ1) is 3.79. The predicted molar refractivity (Wildman–Crippen MR) is 34.6 cm³/mol. The fourth-order valence-electron chi connectivity index (χ4n) is 0.211. The van der Waals surface area contributed by atoms with Crippen LogP contribution in [-0.2, 0) is 25.3 Å². The molecule has 0 aromatic carbocycles. The molecule has 7 heteroatoms. The maximum Gasteiger partial charge on any atom is 2.00 e. The molecule has 0 spiro atoms. The van der Waals surface area contributed by atoms with Crippen molar-refractivity contribution in [3.8, 4) is 0 Å². The van der Waals surface area contributed by atoms with Crippen molar-refractivity contribution in [2.45, 2.75) is 10.3 Å². The third-order valence-corrected chi connectivity index (χ3v) is 0.769. The van der Waals surface area contributed by atoms with Crippen molar-refractivity contribution in [1.82, 2.24) is 20.4 Å². The van der Waals surface area contributed by atoms with Crippen molar-refractivity contribution < 1.29 is 0 Å². The maximum absolute atomic E-state index is 4.48. The van der Waals surface area contributed by atoms with Gasteiger partial charge in [-0.25, -0.2) is 0 Å². The summed E-state index contributed by atoms with van der Waals surface area (Å²) in [6.45, 7) is 0. The molecule has 1 heterocycles. The first-order valence-corrected chi connectivity index (χ1v) is 2.52. The van der Waals surface area contributed by atoms with Crippen LogP contribution < -0.4 is 0 Å². The molecular formula is C2BaN4S2. The molecular weight excluding hydrogens is 282 g/mol. The van der Waals surface area contributed by atoms with Crippen molar-refractivity contribution in [1.29, 1.82) is 0 Å². The minimum Gasteiger partial charge on any atom is -0.736 e. The smallest absolute Gasteiger partial charge is 0.736 e. The molecule has 0 aliphatic heterocycles. The molecule has 4 nitrogen and oxygen atoms in total. The SMILES string of the molecule is [Ba+2].[S-]c1nnc([S-])nn1. The summed E-state index contributed by atoms with van der Waals surface area (Å²) in [7, 11) is 0. The van der Waals surface area contributed by atoms with Crippen molar-refractivity contribution in [3.05, 3.63) is 0 Å². The van der Waals surface area contributed by atoms with Gasteiger partial charge in [0.05, 0.1) is 10.3 Å². The number of nitrogens with zero attached hydrogens (tertiary/aromatic N) is 4. The average Bonchev–Trinajstić information content (AvgIpc) is 1.77. The summed E-state index contributed by atoms with van der Waals surface area (Å²) >= 11 is 8.96. The first-order valence-electron chi connectivity index (χ1n) is 1.70. The molecule has 0 amide bonds. The molecule has 42 valence electrons. The summed E-state index contributed by atoms with van der Waals surface area (Å²) in [5, 5.41) is 13.7. The van der Waals surface area contributed by atoms with Crippen molar-refractivity contribution >= 4 is 74.1 Å². The van der Waals surface area contributed by atoms with Crippen LogP contribution in [0.3, 0.4) is 0 Å². The molecule has 9 heavy (non-hydrogen) atoms. The Balaban J connectivity index is 0.000000640. The molecule has 0 atom stereocenters. The van der Waals surface area contributed by atoms with Crippen LogP contribution in [0.5, 0.6) is 0 Å². The van der Waals surface area contributed by atoms with Gasteiger partial charge in [0.15, 0.2) is 0 Å². The molecule has 1 aromatic heterocycles. The Morgan fingerprint density at radius 1 is 0.778 bits per heavy atom. The van der Waals surface area contributed by atoms with E-state index in [0.717, 1.165) is 0 Å². The van der Waals surface area contributed by atoms with Gasteiger partial charge in [-0.3, -0.25) is 0 Å². The molecule has 1 aromatic rings. The minimum absolute atomic E-state index is 0. The third-order valence-electron chi connectivity index (χ3n) is 0.442. The van der Waals surface area contributed by atoms with E-state index in [9.17, 15) is 0 Å². The van der Waals surface area contributed by atoms with Gasteiger partial charge in [-0.2, -0.15) is 20.4 Å². The molecule has 0 aliphatic rings. The first kappa shape index (κ1) is 9.95. The van der Waals surface area contributed by atoms with Crippen molar-refractivity contribution in [2.75, 3.05) is 0 Å². The molecule has 1 rings (SSSR count). The molecule has 0 N–H and O–H groups in total. The Morgan fingerprint density at radius 3 is 1.22 bits per heavy atom. The van der Waals surface area contributed by atoms with E-state index in [4.69, 9.17) is 0 Å². The summed E-state index contributed by atoms with van der Waals surface area (Å²) < 4.78 is 0. The third kappa shape index (κ3) is 3.61. The van der Waals surface area contributed by atoms with E-state index in [2.05, 4.69) is 45.7 Å². The molecule has 0 saturated heterocycles. The maximum atomic E-state index is 4.48. The predicted octanol–water partition coefficient (Wildman–Crippen LogP) is -1.30. The standard InChI is InChI=1S/C2H2N4S2.Ba/c7-1-3-5-2(8)6-4-1;/h(H,3,4,7)(H,5,6,8);/q;+2/p-2. The molecule has 0 radical (unpaired) electrons. The van der Waals surface area contributed by atoms with Crippen LogP contribution in [0, 0.1) is 0 Å². The Labute approximate surface area is 103 Å². The molecule has 0 saturated carbocycles. The van der Waals surface area contributed by atoms with Gasteiger partial charge in [-0.15, -0.1) is 0 Å². The Hall–Kier alpha value is 0.951. The largest absolute Gasteiger partial charge is 2.00 e. The zero-order valence-electron chi connectivity index (χ0n) is 4.31. The summed E-state index contributed by atoms with van der Waals surface area (Å²) in [4.78, 5) is 0.